The molecule has 0 bridgehead atoms. The van der Waals surface area contributed by atoms with Crippen molar-refractivity contribution in [3.05, 3.63) is 35.9 Å². The van der Waals surface area contributed by atoms with Crippen molar-refractivity contribution in [2.45, 2.75) is 27.3 Å². The summed E-state index contributed by atoms with van der Waals surface area (Å²) < 4.78 is 11.4. The molecule has 5 heteroatoms. The molecule has 0 saturated carbocycles. The Morgan fingerprint density at radius 2 is 1.76 bits per heavy atom. The minimum absolute atomic E-state index is 0.0474. The highest BCUT2D eigenvalue weighted by atomic mass is 31.2. The van der Waals surface area contributed by atoms with E-state index in [1.165, 1.54) is 0 Å². The Kier molecular flexibility index (Phi) is 4.26. The highest BCUT2D eigenvalue weighted by Gasteiger charge is 2.33. The summed E-state index contributed by atoms with van der Waals surface area (Å²) >= 11 is 0. The van der Waals surface area contributed by atoms with E-state index in [4.69, 9.17) is 0 Å². The zero-order chi connectivity index (χ0) is 13.1. The quantitative estimate of drug-likeness (QED) is 0.644. The van der Waals surface area contributed by atoms with Crippen molar-refractivity contribution < 1.29 is 14.4 Å². The van der Waals surface area contributed by atoms with Crippen molar-refractivity contribution in [1.82, 2.24) is 0 Å². The first-order valence-electron chi connectivity index (χ1n) is 5.36. The van der Waals surface area contributed by atoms with Crippen LogP contribution >= 0.6 is 7.60 Å². The topological polar surface area (TPSA) is 69.9 Å². The van der Waals surface area contributed by atoms with Gasteiger partial charge in [-0.05, 0) is 5.56 Å². The Morgan fingerprint density at radius 1 is 1.24 bits per heavy atom. The van der Waals surface area contributed by atoms with E-state index in [-0.39, 0.29) is 5.45 Å². The number of benzene rings is 1. The summed E-state index contributed by atoms with van der Waals surface area (Å²) in [6.45, 7) is 5.53. The molecule has 0 saturated heterocycles. The van der Waals surface area contributed by atoms with Crippen molar-refractivity contribution in [3.63, 3.8) is 0 Å². The van der Waals surface area contributed by atoms with Crippen molar-refractivity contribution in [3.8, 4) is 0 Å². The fourth-order valence-electron chi connectivity index (χ4n) is 1.52. The van der Waals surface area contributed by atoms with Crippen LogP contribution in [0, 0.1) is 5.41 Å². The first kappa shape index (κ1) is 14.1. The Morgan fingerprint density at radius 3 is 2.18 bits per heavy atom. The van der Waals surface area contributed by atoms with Crippen LogP contribution in [0.2, 0.25) is 0 Å². The van der Waals surface area contributed by atoms with Gasteiger partial charge in [0.2, 0.25) is 0 Å². The summed E-state index contributed by atoms with van der Waals surface area (Å²) in [5.74, 6) is 0. The number of hydrogen-bond donors (Lipinski definition) is 2. The van der Waals surface area contributed by atoms with E-state index >= 15 is 0 Å². The van der Waals surface area contributed by atoms with Crippen molar-refractivity contribution in [1.29, 1.82) is 0 Å². The van der Waals surface area contributed by atoms with Gasteiger partial charge in [0, 0.05) is 5.41 Å². The SMILES string of the molecule is CC(C)(C)C(=NCc1ccccc1)P(=O)(O)O. The summed E-state index contributed by atoms with van der Waals surface area (Å²) in [5.41, 5.74) is 0.255. The molecule has 94 valence electrons. The maximum absolute atomic E-state index is 11.4. The van der Waals surface area contributed by atoms with Gasteiger partial charge in [-0.1, -0.05) is 51.1 Å². The van der Waals surface area contributed by atoms with Crippen molar-refractivity contribution in [2.75, 3.05) is 0 Å². The number of hydrogen-bond acceptors (Lipinski definition) is 2. The first-order valence-corrected chi connectivity index (χ1v) is 6.97. The molecule has 17 heavy (non-hydrogen) atoms. The van der Waals surface area contributed by atoms with Crippen LogP contribution in [0.3, 0.4) is 0 Å². The number of rotatable bonds is 3. The molecule has 1 rings (SSSR count). The lowest BCUT2D eigenvalue weighted by atomic mass is 9.98. The standard InChI is InChI=1S/C12H18NO3P/c1-12(2,3)11(17(14,15)16)13-9-10-7-5-4-6-8-10/h4-8H,9H2,1-3H3,(H2,14,15,16). The van der Waals surface area contributed by atoms with E-state index < -0.39 is 13.0 Å². The highest BCUT2D eigenvalue weighted by Crippen LogP contribution is 2.44. The smallest absolute Gasteiger partial charge is 0.320 e. The predicted octanol–water partition coefficient (Wildman–Crippen LogP) is 2.81. The zero-order valence-corrected chi connectivity index (χ0v) is 11.2. The highest BCUT2D eigenvalue weighted by molar-refractivity contribution is 7.70. The van der Waals surface area contributed by atoms with Gasteiger partial charge in [0.15, 0.2) is 0 Å². The monoisotopic (exact) mass is 255 g/mol. The van der Waals surface area contributed by atoms with Crippen LogP contribution in [0.15, 0.2) is 35.3 Å². The second-order valence-corrected chi connectivity index (χ2v) is 6.43. The van der Waals surface area contributed by atoms with Crippen LogP contribution < -0.4 is 0 Å². The second kappa shape index (κ2) is 5.13. The Hall–Kier alpha value is -0.960. The third-order valence-electron chi connectivity index (χ3n) is 2.20. The molecule has 0 fully saturated rings. The predicted molar refractivity (Wildman–Crippen MR) is 69.1 cm³/mol. The summed E-state index contributed by atoms with van der Waals surface area (Å²) in [6, 6.07) is 9.39. The summed E-state index contributed by atoms with van der Waals surface area (Å²) in [6.07, 6.45) is 0. The maximum Gasteiger partial charge on any atom is 0.370 e. The van der Waals surface area contributed by atoms with Crippen LogP contribution in [0.5, 0.6) is 0 Å². The van der Waals surface area contributed by atoms with Crippen LogP contribution in [-0.2, 0) is 11.1 Å². The molecule has 1 aromatic carbocycles. The summed E-state index contributed by atoms with van der Waals surface area (Å²) in [7, 11) is -4.28. The lowest BCUT2D eigenvalue weighted by molar-refractivity contribution is 0.384. The van der Waals surface area contributed by atoms with Crippen LogP contribution in [0.4, 0.5) is 0 Å². The fourth-order valence-corrected chi connectivity index (χ4v) is 2.64. The molecule has 0 unspecified atom stereocenters. The average Bonchev–Trinajstić information content (AvgIpc) is 2.15. The molecule has 0 heterocycles. The van der Waals surface area contributed by atoms with Crippen molar-refractivity contribution in [2.24, 2.45) is 10.4 Å². The Bertz CT molecular complexity index is 443. The van der Waals surface area contributed by atoms with Crippen LogP contribution in [0.25, 0.3) is 0 Å². The van der Waals surface area contributed by atoms with Crippen LogP contribution in [0.1, 0.15) is 26.3 Å². The molecular weight excluding hydrogens is 237 g/mol. The molecule has 0 aliphatic carbocycles. The van der Waals surface area contributed by atoms with Crippen LogP contribution in [-0.4, -0.2) is 15.2 Å². The van der Waals surface area contributed by atoms with Crippen molar-refractivity contribution >= 4 is 13.0 Å². The van der Waals surface area contributed by atoms with Gasteiger partial charge in [0.1, 0.15) is 5.45 Å². The molecule has 4 nitrogen and oxygen atoms in total. The van der Waals surface area contributed by atoms with Gasteiger partial charge in [-0.25, -0.2) is 0 Å². The van der Waals surface area contributed by atoms with Gasteiger partial charge < -0.3 is 9.79 Å². The molecule has 0 aromatic heterocycles. The minimum Gasteiger partial charge on any atom is -0.320 e. The molecule has 1 aromatic rings. The number of aliphatic imine (C=N–C) groups is 1. The van der Waals surface area contributed by atoms with Gasteiger partial charge in [0.05, 0.1) is 6.54 Å². The molecule has 0 amide bonds. The Balaban J connectivity index is 2.98. The van der Waals surface area contributed by atoms with Gasteiger partial charge >= 0.3 is 7.60 Å². The third-order valence-corrected chi connectivity index (χ3v) is 3.57. The maximum atomic E-state index is 11.4. The van der Waals surface area contributed by atoms with Gasteiger partial charge in [-0.15, -0.1) is 0 Å². The molecule has 0 aliphatic heterocycles. The minimum atomic E-state index is -4.28. The lowest BCUT2D eigenvalue weighted by Gasteiger charge is -2.22. The third kappa shape index (κ3) is 4.43. The zero-order valence-electron chi connectivity index (χ0n) is 10.3. The fraction of sp³-hybridized carbons (Fsp3) is 0.417. The first-order chi connectivity index (χ1) is 7.71. The molecule has 0 radical (unpaired) electrons. The summed E-state index contributed by atoms with van der Waals surface area (Å²) in [5, 5.41) is 0. The van der Waals surface area contributed by atoms with E-state index in [9.17, 15) is 14.4 Å². The van der Waals surface area contributed by atoms with Gasteiger partial charge in [-0.3, -0.25) is 9.56 Å². The molecule has 0 atom stereocenters. The second-order valence-electron chi connectivity index (χ2n) is 4.92. The summed E-state index contributed by atoms with van der Waals surface area (Å²) in [4.78, 5) is 22.6. The molecular formula is C12H18NO3P. The Labute approximate surface area is 102 Å². The van der Waals surface area contributed by atoms with Gasteiger partial charge in [-0.2, -0.15) is 0 Å². The van der Waals surface area contributed by atoms with E-state index in [0.717, 1.165) is 5.56 Å². The molecule has 0 spiro atoms. The molecule has 0 aliphatic rings. The largest absolute Gasteiger partial charge is 0.370 e. The molecule has 2 N–H and O–H groups in total. The average molecular weight is 255 g/mol. The van der Waals surface area contributed by atoms with E-state index in [0.29, 0.717) is 6.54 Å². The number of nitrogens with zero attached hydrogens (tertiary/aromatic N) is 1. The van der Waals surface area contributed by atoms with E-state index in [1.807, 2.05) is 30.3 Å². The normalized spacial score (nSPS) is 13.8. The van der Waals surface area contributed by atoms with E-state index in [1.54, 1.807) is 20.8 Å². The van der Waals surface area contributed by atoms with Gasteiger partial charge in [0.25, 0.3) is 0 Å². The lowest BCUT2D eigenvalue weighted by Crippen LogP contribution is -2.20. The van der Waals surface area contributed by atoms with E-state index in [2.05, 4.69) is 4.99 Å².